The van der Waals surface area contributed by atoms with Crippen LogP contribution in [0, 0.1) is 23.7 Å². The van der Waals surface area contributed by atoms with Crippen LogP contribution in [-0.4, -0.2) is 11.6 Å². The molecular weight excluding hydrogens is 152 g/mol. The van der Waals surface area contributed by atoms with Crippen LogP contribution in [0.4, 0.5) is 0 Å². The lowest BCUT2D eigenvalue weighted by atomic mass is 9.90. The molecule has 2 aliphatic carbocycles. The van der Waals surface area contributed by atoms with Gasteiger partial charge in [0.15, 0.2) is 0 Å². The highest BCUT2D eigenvalue weighted by atomic mass is 16.1. The van der Waals surface area contributed by atoms with Crippen LogP contribution in [0.3, 0.4) is 0 Å². The van der Waals surface area contributed by atoms with Gasteiger partial charge in [-0.15, -0.1) is 0 Å². The Kier molecular flexibility index (Phi) is 1.60. The number of hydrogen-bond donors (Lipinski definition) is 0. The van der Waals surface area contributed by atoms with Crippen molar-refractivity contribution in [1.82, 2.24) is 0 Å². The molecule has 0 saturated heterocycles. The van der Waals surface area contributed by atoms with Gasteiger partial charge in [-0.3, -0.25) is 9.59 Å². The molecule has 66 valence electrons. The standard InChI is InChI=1S/C10H14O2/c1-5-7-3-10(12)6(2)8(7)4-9(5)11/h5-8H,3-4H2,1-2H3/t5-,6-,7-,8-/m1/s1. The molecule has 2 aliphatic rings. The lowest BCUT2D eigenvalue weighted by molar-refractivity contribution is -0.123. The Bertz CT molecular complexity index is 218. The Hall–Kier alpha value is -0.660. The van der Waals surface area contributed by atoms with Crippen molar-refractivity contribution < 1.29 is 9.59 Å². The van der Waals surface area contributed by atoms with Crippen molar-refractivity contribution in [3.05, 3.63) is 0 Å². The molecule has 0 heterocycles. The molecule has 0 radical (unpaired) electrons. The van der Waals surface area contributed by atoms with Crippen molar-refractivity contribution in [2.45, 2.75) is 26.7 Å². The highest BCUT2D eigenvalue weighted by Gasteiger charge is 2.49. The molecule has 0 amide bonds. The van der Waals surface area contributed by atoms with Crippen molar-refractivity contribution in [2.24, 2.45) is 23.7 Å². The van der Waals surface area contributed by atoms with Gasteiger partial charge < -0.3 is 0 Å². The Labute approximate surface area is 72.3 Å². The lowest BCUT2D eigenvalue weighted by Gasteiger charge is -2.12. The fourth-order valence-corrected chi connectivity index (χ4v) is 2.71. The minimum Gasteiger partial charge on any atom is -0.299 e. The number of carbonyl (C=O) groups excluding carboxylic acids is 2. The monoisotopic (exact) mass is 166 g/mol. The van der Waals surface area contributed by atoms with Gasteiger partial charge in [0.25, 0.3) is 0 Å². The first-order valence-corrected chi connectivity index (χ1v) is 4.66. The maximum absolute atomic E-state index is 11.3. The van der Waals surface area contributed by atoms with Crippen LogP contribution < -0.4 is 0 Å². The first-order chi connectivity index (χ1) is 5.61. The van der Waals surface area contributed by atoms with E-state index in [1.165, 1.54) is 0 Å². The zero-order valence-corrected chi connectivity index (χ0v) is 7.54. The fourth-order valence-electron chi connectivity index (χ4n) is 2.71. The van der Waals surface area contributed by atoms with Crippen molar-refractivity contribution in [1.29, 1.82) is 0 Å². The summed E-state index contributed by atoms with van der Waals surface area (Å²) in [5.74, 6) is 1.77. The van der Waals surface area contributed by atoms with Crippen molar-refractivity contribution >= 4 is 11.6 Å². The summed E-state index contributed by atoms with van der Waals surface area (Å²) >= 11 is 0. The van der Waals surface area contributed by atoms with Gasteiger partial charge in [0, 0.05) is 24.7 Å². The van der Waals surface area contributed by atoms with Gasteiger partial charge in [-0.25, -0.2) is 0 Å². The molecule has 0 N–H and O–H groups in total. The smallest absolute Gasteiger partial charge is 0.136 e. The van der Waals surface area contributed by atoms with E-state index in [9.17, 15) is 9.59 Å². The van der Waals surface area contributed by atoms with Crippen LogP contribution in [0.15, 0.2) is 0 Å². The molecule has 0 bridgehead atoms. The highest BCUT2D eigenvalue weighted by Crippen LogP contribution is 2.46. The molecule has 0 aromatic heterocycles. The molecule has 0 spiro atoms. The molecule has 2 nitrogen and oxygen atoms in total. The van der Waals surface area contributed by atoms with E-state index in [0.29, 0.717) is 36.2 Å². The number of carbonyl (C=O) groups is 2. The maximum atomic E-state index is 11.3. The van der Waals surface area contributed by atoms with Crippen molar-refractivity contribution in [3.63, 3.8) is 0 Å². The average Bonchev–Trinajstić information content (AvgIpc) is 2.43. The molecule has 4 atom stereocenters. The second kappa shape index (κ2) is 2.41. The minimum absolute atomic E-state index is 0.142. The highest BCUT2D eigenvalue weighted by molar-refractivity contribution is 5.91. The van der Waals surface area contributed by atoms with Gasteiger partial charge in [-0.2, -0.15) is 0 Å². The first kappa shape index (κ1) is 7.96. The van der Waals surface area contributed by atoms with Crippen LogP contribution in [0.1, 0.15) is 26.7 Å². The van der Waals surface area contributed by atoms with Gasteiger partial charge >= 0.3 is 0 Å². The molecule has 0 unspecified atom stereocenters. The molecule has 2 saturated carbocycles. The molecule has 2 rings (SSSR count). The van der Waals surface area contributed by atoms with Gasteiger partial charge in [0.05, 0.1) is 0 Å². The molecular formula is C10H14O2. The Balaban J connectivity index is 2.24. The van der Waals surface area contributed by atoms with Gasteiger partial charge in [-0.1, -0.05) is 13.8 Å². The zero-order chi connectivity index (χ0) is 8.88. The molecule has 2 heteroatoms. The second-order valence-electron chi connectivity index (χ2n) is 4.25. The van der Waals surface area contributed by atoms with E-state index in [1.54, 1.807) is 0 Å². The molecule has 0 aromatic carbocycles. The molecule has 0 aromatic rings. The largest absolute Gasteiger partial charge is 0.299 e. The van der Waals surface area contributed by atoms with E-state index in [0.717, 1.165) is 0 Å². The predicted molar refractivity (Wildman–Crippen MR) is 44.6 cm³/mol. The Morgan fingerprint density at radius 3 is 1.58 bits per heavy atom. The van der Waals surface area contributed by atoms with Gasteiger partial charge in [0.1, 0.15) is 11.6 Å². The minimum atomic E-state index is 0.142. The van der Waals surface area contributed by atoms with E-state index < -0.39 is 0 Å². The SMILES string of the molecule is C[C@H]1C(=O)C[C@H]2[C@@H]1CC(=O)[C@@H]2C. The molecule has 12 heavy (non-hydrogen) atoms. The first-order valence-electron chi connectivity index (χ1n) is 4.66. The zero-order valence-electron chi connectivity index (χ0n) is 7.54. The topological polar surface area (TPSA) is 34.1 Å². The van der Waals surface area contributed by atoms with Crippen LogP contribution >= 0.6 is 0 Å². The van der Waals surface area contributed by atoms with E-state index in [4.69, 9.17) is 0 Å². The third-order valence-corrected chi connectivity index (χ3v) is 3.72. The summed E-state index contributed by atoms with van der Waals surface area (Å²) < 4.78 is 0. The van der Waals surface area contributed by atoms with Crippen molar-refractivity contribution in [2.75, 3.05) is 0 Å². The number of rotatable bonds is 0. The van der Waals surface area contributed by atoms with E-state index in [-0.39, 0.29) is 11.8 Å². The predicted octanol–water partition coefficient (Wildman–Crippen LogP) is 1.44. The summed E-state index contributed by atoms with van der Waals surface area (Å²) in [6, 6.07) is 0. The van der Waals surface area contributed by atoms with E-state index in [2.05, 4.69) is 0 Å². The fraction of sp³-hybridized carbons (Fsp3) is 0.800. The summed E-state index contributed by atoms with van der Waals surface area (Å²) in [7, 11) is 0. The van der Waals surface area contributed by atoms with Crippen LogP contribution in [0.5, 0.6) is 0 Å². The van der Waals surface area contributed by atoms with Gasteiger partial charge in [0.2, 0.25) is 0 Å². The summed E-state index contributed by atoms with van der Waals surface area (Å²) in [6.07, 6.45) is 1.30. The Morgan fingerprint density at radius 1 is 0.917 bits per heavy atom. The lowest BCUT2D eigenvalue weighted by Crippen LogP contribution is -2.11. The second-order valence-corrected chi connectivity index (χ2v) is 4.25. The summed E-state index contributed by atoms with van der Waals surface area (Å²) in [4.78, 5) is 22.7. The molecule has 0 aliphatic heterocycles. The maximum Gasteiger partial charge on any atom is 0.136 e. The summed E-state index contributed by atoms with van der Waals surface area (Å²) in [5.41, 5.74) is 0. The van der Waals surface area contributed by atoms with Crippen LogP contribution in [-0.2, 0) is 9.59 Å². The van der Waals surface area contributed by atoms with E-state index >= 15 is 0 Å². The molecule has 2 fully saturated rings. The van der Waals surface area contributed by atoms with Gasteiger partial charge in [-0.05, 0) is 11.8 Å². The third-order valence-electron chi connectivity index (χ3n) is 3.72. The Morgan fingerprint density at radius 2 is 1.25 bits per heavy atom. The van der Waals surface area contributed by atoms with Crippen LogP contribution in [0.2, 0.25) is 0 Å². The number of fused-ring (bicyclic) bond motifs is 1. The quantitative estimate of drug-likeness (QED) is 0.545. The third kappa shape index (κ3) is 0.869. The van der Waals surface area contributed by atoms with Crippen molar-refractivity contribution in [3.8, 4) is 0 Å². The normalized spacial score (nSPS) is 46.8. The summed E-state index contributed by atoms with van der Waals surface area (Å²) in [5, 5.41) is 0. The van der Waals surface area contributed by atoms with E-state index in [1.807, 2.05) is 13.8 Å². The summed E-state index contributed by atoms with van der Waals surface area (Å²) in [6.45, 7) is 3.94. The number of hydrogen-bond acceptors (Lipinski definition) is 2. The number of ketones is 2. The number of Topliss-reactive ketones (excluding diaryl/α,β-unsaturated/α-hetero) is 2. The van der Waals surface area contributed by atoms with Crippen LogP contribution in [0.25, 0.3) is 0 Å². The average molecular weight is 166 g/mol.